The molecule has 1 amide bonds. The van der Waals surface area contributed by atoms with E-state index in [9.17, 15) is 4.79 Å². The van der Waals surface area contributed by atoms with E-state index in [2.05, 4.69) is 29.1 Å². The molecule has 0 bridgehead atoms. The molecule has 0 aromatic rings. The summed E-state index contributed by atoms with van der Waals surface area (Å²) in [4.78, 5) is 20.4. The normalized spacial score (nSPS) is 15.7. The molecule has 1 fully saturated rings. The van der Waals surface area contributed by atoms with Crippen molar-refractivity contribution in [2.24, 2.45) is 10.7 Å². The third-order valence-electron chi connectivity index (χ3n) is 4.37. The van der Waals surface area contributed by atoms with Gasteiger partial charge in [-0.1, -0.05) is 13.8 Å². The Hall–Kier alpha value is -0.770. The van der Waals surface area contributed by atoms with Crippen LogP contribution < -0.4 is 11.1 Å². The first-order valence-corrected chi connectivity index (χ1v) is 9.81. The summed E-state index contributed by atoms with van der Waals surface area (Å²) in [5, 5.41) is 3.28. The number of rotatable bonds is 10. The van der Waals surface area contributed by atoms with Crippen molar-refractivity contribution in [3.63, 3.8) is 0 Å². The fraction of sp³-hybridized carbons (Fsp3) is 0.889. The minimum absolute atomic E-state index is 0. The molecule has 0 unspecified atom stereocenters. The lowest BCUT2D eigenvalue weighted by molar-refractivity contribution is 0.0963. The molecule has 26 heavy (non-hydrogen) atoms. The summed E-state index contributed by atoms with van der Waals surface area (Å²) >= 11 is 0. The number of carbonyl (C=O) groups excluding carboxylic acids is 1. The second kappa shape index (κ2) is 15.3. The van der Waals surface area contributed by atoms with E-state index >= 15 is 0 Å². The Morgan fingerprint density at radius 2 is 1.81 bits per heavy atom. The maximum absolute atomic E-state index is 11.7. The lowest BCUT2D eigenvalue weighted by Gasteiger charge is -2.31. The number of amides is 1. The zero-order valence-corrected chi connectivity index (χ0v) is 19.0. The van der Waals surface area contributed by atoms with Crippen LogP contribution >= 0.6 is 24.0 Å². The number of halogens is 1. The van der Waals surface area contributed by atoms with Gasteiger partial charge in [-0.15, -0.1) is 24.0 Å². The Labute approximate surface area is 176 Å². The van der Waals surface area contributed by atoms with Crippen LogP contribution in [0.25, 0.3) is 0 Å². The van der Waals surface area contributed by atoms with E-state index in [1.165, 1.54) is 12.8 Å². The van der Waals surface area contributed by atoms with E-state index in [4.69, 9.17) is 10.5 Å². The summed E-state index contributed by atoms with van der Waals surface area (Å²) in [6, 6.07) is 0.283. The minimum atomic E-state index is -0.216. The Bertz CT molecular complexity index is 395. The Kier molecular flexibility index (Phi) is 14.9. The molecule has 3 N–H and O–H groups in total. The number of hydrogen-bond acceptors (Lipinski definition) is 4. The van der Waals surface area contributed by atoms with Gasteiger partial charge >= 0.3 is 6.09 Å². The van der Waals surface area contributed by atoms with Gasteiger partial charge in [0.05, 0.1) is 6.61 Å². The summed E-state index contributed by atoms with van der Waals surface area (Å²) in [5.41, 5.74) is 6.00. The number of aliphatic imine (C=N–C) groups is 1. The topological polar surface area (TPSA) is 83.2 Å². The van der Waals surface area contributed by atoms with Crippen LogP contribution in [0.3, 0.4) is 0 Å². The number of nitrogens with zero attached hydrogens (tertiary/aromatic N) is 3. The first-order valence-electron chi connectivity index (χ1n) is 9.81. The average Bonchev–Trinajstić information content (AvgIpc) is 2.60. The van der Waals surface area contributed by atoms with Crippen LogP contribution in [0.4, 0.5) is 4.79 Å². The molecule has 0 radical (unpaired) electrons. The highest BCUT2D eigenvalue weighted by Crippen LogP contribution is 2.11. The number of carbonyl (C=O) groups is 1. The van der Waals surface area contributed by atoms with Gasteiger partial charge in [-0.05, 0) is 58.7 Å². The van der Waals surface area contributed by atoms with Crippen molar-refractivity contribution in [3.05, 3.63) is 0 Å². The molecule has 0 aromatic carbocycles. The summed E-state index contributed by atoms with van der Waals surface area (Å²) in [6.45, 7) is 12.2. The van der Waals surface area contributed by atoms with E-state index in [0.29, 0.717) is 25.7 Å². The molecule has 1 saturated heterocycles. The highest BCUT2D eigenvalue weighted by atomic mass is 127. The second-order valence-electron chi connectivity index (χ2n) is 6.57. The third-order valence-corrected chi connectivity index (χ3v) is 4.37. The second-order valence-corrected chi connectivity index (χ2v) is 6.57. The van der Waals surface area contributed by atoms with Gasteiger partial charge in [0.25, 0.3) is 0 Å². The number of nitrogens with two attached hydrogens (primary N) is 1. The van der Waals surface area contributed by atoms with Gasteiger partial charge in [0.15, 0.2) is 5.96 Å². The van der Waals surface area contributed by atoms with Gasteiger partial charge in [-0.3, -0.25) is 4.99 Å². The monoisotopic (exact) mass is 483 g/mol. The van der Waals surface area contributed by atoms with Gasteiger partial charge in [0.2, 0.25) is 0 Å². The van der Waals surface area contributed by atoms with Crippen LogP contribution in [-0.4, -0.2) is 73.8 Å². The quantitative estimate of drug-likeness (QED) is 0.216. The molecule has 0 atom stereocenters. The maximum Gasteiger partial charge on any atom is 0.409 e. The predicted molar refractivity (Wildman–Crippen MR) is 118 cm³/mol. The smallest absolute Gasteiger partial charge is 0.409 e. The molecule has 8 heteroatoms. The standard InChI is InChI=1S/C18H37N5O2.HI/c1-4-11-22(12-5-2)13-7-10-20-17(19)21-16-8-14-23(15-9-16)18(24)25-6-3;/h16H,4-15H2,1-3H3,(H3,19,20,21);1H. The molecule has 154 valence electrons. The van der Waals surface area contributed by atoms with Crippen molar-refractivity contribution in [2.75, 3.05) is 45.9 Å². The Morgan fingerprint density at radius 3 is 2.35 bits per heavy atom. The van der Waals surface area contributed by atoms with Crippen LogP contribution in [0.2, 0.25) is 0 Å². The molecule has 0 spiro atoms. The van der Waals surface area contributed by atoms with Crippen LogP contribution in [0.15, 0.2) is 4.99 Å². The van der Waals surface area contributed by atoms with Crippen molar-refractivity contribution in [3.8, 4) is 0 Å². The first-order chi connectivity index (χ1) is 12.1. The molecular weight excluding hydrogens is 445 g/mol. The van der Waals surface area contributed by atoms with Crippen LogP contribution in [0.5, 0.6) is 0 Å². The number of hydrogen-bond donors (Lipinski definition) is 2. The number of likely N-dealkylation sites (tertiary alicyclic amines) is 1. The lowest BCUT2D eigenvalue weighted by atomic mass is 10.1. The number of piperidine rings is 1. The molecule has 0 saturated carbocycles. The van der Waals surface area contributed by atoms with Gasteiger partial charge in [-0.25, -0.2) is 4.79 Å². The highest BCUT2D eigenvalue weighted by molar-refractivity contribution is 14.0. The molecule has 0 aromatic heterocycles. The van der Waals surface area contributed by atoms with Crippen molar-refractivity contribution in [1.29, 1.82) is 0 Å². The molecule has 1 heterocycles. The summed E-state index contributed by atoms with van der Waals surface area (Å²) in [6.07, 6.45) is 4.94. The highest BCUT2D eigenvalue weighted by Gasteiger charge is 2.23. The maximum atomic E-state index is 11.7. The average molecular weight is 483 g/mol. The van der Waals surface area contributed by atoms with Gasteiger partial charge < -0.3 is 25.6 Å². The van der Waals surface area contributed by atoms with Crippen molar-refractivity contribution >= 4 is 36.0 Å². The van der Waals surface area contributed by atoms with Gasteiger partial charge in [-0.2, -0.15) is 0 Å². The third kappa shape index (κ3) is 10.4. The minimum Gasteiger partial charge on any atom is -0.450 e. The summed E-state index contributed by atoms with van der Waals surface area (Å²) < 4.78 is 5.03. The first kappa shape index (κ1) is 25.2. The number of ether oxygens (including phenoxy) is 1. The van der Waals surface area contributed by atoms with E-state index in [1.807, 2.05) is 6.92 Å². The molecule has 1 rings (SSSR count). The molecule has 1 aliphatic rings. The number of nitrogens with one attached hydrogen (secondary N) is 1. The molecular formula is C18H38IN5O2. The van der Waals surface area contributed by atoms with Crippen LogP contribution in [0.1, 0.15) is 52.9 Å². The van der Waals surface area contributed by atoms with E-state index in [-0.39, 0.29) is 36.1 Å². The zero-order valence-electron chi connectivity index (χ0n) is 16.7. The van der Waals surface area contributed by atoms with Crippen molar-refractivity contribution in [2.45, 2.75) is 58.9 Å². The zero-order chi connectivity index (χ0) is 18.5. The molecule has 1 aliphatic heterocycles. The lowest BCUT2D eigenvalue weighted by Crippen LogP contribution is -2.48. The fourth-order valence-electron chi connectivity index (χ4n) is 3.14. The van der Waals surface area contributed by atoms with E-state index in [1.54, 1.807) is 4.90 Å². The Morgan fingerprint density at radius 1 is 1.19 bits per heavy atom. The molecule has 0 aliphatic carbocycles. The van der Waals surface area contributed by atoms with E-state index < -0.39 is 0 Å². The van der Waals surface area contributed by atoms with Crippen molar-refractivity contribution < 1.29 is 9.53 Å². The van der Waals surface area contributed by atoms with Gasteiger partial charge in [0.1, 0.15) is 0 Å². The van der Waals surface area contributed by atoms with Crippen LogP contribution in [0, 0.1) is 0 Å². The van der Waals surface area contributed by atoms with Crippen molar-refractivity contribution in [1.82, 2.24) is 15.1 Å². The SMILES string of the molecule is CCCN(CCC)CCCN=C(N)NC1CCN(C(=O)OCC)CC1.I. The fourth-order valence-corrected chi connectivity index (χ4v) is 3.14. The van der Waals surface area contributed by atoms with E-state index in [0.717, 1.165) is 45.4 Å². The predicted octanol–water partition coefficient (Wildman–Crippen LogP) is 2.64. The summed E-state index contributed by atoms with van der Waals surface area (Å²) in [5.74, 6) is 0.520. The molecule has 7 nitrogen and oxygen atoms in total. The largest absolute Gasteiger partial charge is 0.450 e. The summed E-state index contributed by atoms with van der Waals surface area (Å²) in [7, 11) is 0. The Balaban J connectivity index is 0.00000625. The van der Waals surface area contributed by atoms with Crippen LogP contribution in [-0.2, 0) is 4.74 Å². The number of guanidine groups is 1. The van der Waals surface area contributed by atoms with Gasteiger partial charge in [0, 0.05) is 25.7 Å².